The fourth-order valence-electron chi connectivity index (χ4n) is 3.64. The first kappa shape index (κ1) is 19.5. The van der Waals surface area contributed by atoms with Gasteiger partial charge in [-0.25, -0.2) is 9.59 Å². The van der Waals surface area contributed by atoms with E-state index in [-0.39, 0.29) is 18.3 Å². The van der Waals surface area contributed by atoms with Gasteiger partial charge in [-0.05, 0) is 62.5 Å². The van der Waals surface area contributed by atoms with E-state index in [1.54, 1.807) is 17.3 Å². The summed E-state index contributed by atoms with van der Waals surface area (Å²) in [7, 11) is 0. The van der Waals surface area contributed by atoms with Crippen molar-refractivity contribution in [2.45, 2.75) is 51.0 Å². The molecule has 0 radical (unpaired) electrons. The van der Waals surface area contributed by atoms with E-state index < -0.39 is 0 Å². The second-order valence-electron chi connectivity index (χ2n) is 7.36. The maximum atomic E-state index is 11.9. The first-order chi connectivity index (χ1) is 13.2. The lowest BCUT2D eigenvalue weighted by atomic mass is 9.88. The van der Waals surface area contributed by atoms with Gasteiger partial charge in [-0.15, -0.1) is 0 Å². The Bertz CT molecular complexity index is 597. The number of rotatable bonds is 6. The zero-order chi connectivity index (χ0) is 18.9. The Kier molecular flexibility index (Phi) is 7.30. The number of ether oxygens (including phenoxy) is 2. The molecular formula is C20H29N3O4. The number of amides is 2. The summed E-state index contributed by atoms with van der Waals surface area (Å²) in [6, 6.07) is 3.87. The molecule has 2 amide bonds. The zero-order valence-corrected chi connectivity index (χ0v) is 15.8. The Morgan fingerprint density at radius 3 is 2.67 bits per heavy atom. The SMILES string of the molecule is O=C(NCCc1cccnc1)OC1CCC(COC(=O)N2CCCC2)CC1. The van der Waals surface area contributed by atoms with Crippen LogP contribution in [0.4, 0.5) is 9.59 Å². The van der Waals surface area contributed by atoms with Crippen molar-refractivity contribution in [3.05, 3.63) is 30.1 Å². The average Bonchev–Trinajstić information content (AvgIpc) is 3.23. The van der Waals surface area contributed by atoms with Gasteiger partial charge >= 0.3 is 12.2 Å². The van der Waals surface area contributed by atoms with E-state index in [2.05, 4.69) is 10.3 Å². The van der Waals surface area contributed by atoms with E-state index in [0.717, 1.165) is 63.6 Å². The number of likely N-dealkylation sites (tertiary alicyclic amines) is 1. The van der Waals surface area contributed by atoms with Crippen molar-refractivity contribution in [3.8, 4) is 0 Å². The quantitative estimate of drug-likeness (QED) is 0.826. The summed E-state index contributed by atoms with van der Waals surface area (Å²) in [6.07, 6.45) is 9.29. The number of hydrogen-bond donors (Lipinski definition) is 1. The highest BCUT2D eigenvalue weighted by atomic mass is 16.6. The van der Waals surface area contributed by atoms with Gasteiger partial charge < -0.3 is 19.7 Å². The number of carbonyl (C=O) groups is 2. The average molecular weight is 375 g/mol. The lowest BCUT2D eigenvalue weighted by Gasteiger charge is -2.28. The van der Waals surface area contributed by atoms with Gasteiger partial charge in [0, 0.05) is 32.0 Å². The van der Waals surface area contributed by atoms with Gasteiger partial charge in [0.25, 0.3) is 0 Å². The van der Waals surface area contributed by atoms with E-state index in [1.165, 1.54) is 0 Å². The summed E-state index contributed by atoms with van der Waals surface area (Å²) in [5, 5.41) is 2.80. The molecule has 27 heavy (non-hydrogen) atoms. The molecule has 1 saturated carbocycles. The predicted molar refractivity (Wildman–Crippen MR) is 100 cm³/mol. The number of aromatic nitrogens is 1. The highest BCUT2D eigenvalue weighted by Crippen LogP contribution is 2.26. The van der Waals surface area contributed by atoms with Crippen molar-refractivity contribution < 1.29 is 19.1 Å². The second-order valence-corrected chi connectivity index (χ2v) is 7.36. The molecule has 1 saturated heterocycles. The first-order valence-electron chi connectivity index (χ1n) is 9.96. The van der Waals surface area contributed by atoms with Crippen LogP contribution in [0, 0.1) is 5.92 Å². The molecule has 0 aromatic carbocycles. The fourth-order valence-corrected chi connectivity index (χ4v) is 3.64. The fraction of sp³-hybridized carbons (Fsp3) is 0.650. The summed E-state index contributed by atoms with van der Waals surface area (Å²) < 4.78 is 10.9. The number of hydrogen-bond acceptors (Lipinski definition) is 5. The van der Waals surface area contributed by atoms with Crippen LogP contribution in [-0.2, 0) is 15.9 Å². The molecule has 0 spiro atoms. The van der Waals surface area contributed by atoms with Crippen molar-refractivity contribution in [2.24, 2.45) is 5.92 Å². The number of nitrogens with one attached hydrogen (secondary N) is 1. The molecule has 7 heteroatoms. The van der Waals surface area contributed by atoms with E-state index in [4.69, 9.17) is 9.47 Å². The molecule has 1 aromatic rings. The Hall–Kier alpha value is -2.31. The highest BCUT2D eigenvalue weighted by Gasteiger charge is 2.26. The lowest BCUT2D eigenvalue weighted by molar-refractivity contribution is 0.0445. The van der Waals surface area contributed by atoms with E-state index in [0.29, 0.717) is 19.1 Å². The van der Waals surface area contributed by atoms with Crippen LogP contribution >= 0.6 is 0 Å². The van der Waals surface area contributed by atoms with Crippen molar-refractivity contribution in [1.82, 2.24) is 15.2 Å². The van der Waals surface area contributed by atoms with Gasteiger partial charge in [-0.3, -0.25) is 4.98 Å². The van der Waals surface area contributed by atoms with Crippen molar-refractivity contribution in [1.29, 1.82) is 0 Å². The van der Waals surface area contributed by atoms with Crippen LogP contribution in [0.3, 0.4) is 0 Å². The molecule has 2 heterocycles. The van der Waals surface area contributed by atoms with Crippen LogP contribution in [0.2, 0.25) is 0 Å². The Balaban J connectivity index is 1.26. The summed E-state index contributed by atoms with van der Waals surface area (Å²) in [4.78, 5) is 29.7. The maximum Gasteiger partial charge on any atom is 0.409 e. The molecule has 148 valence electrons. The van der Waals surface area contributed by atoms with Gasteiger partial charge in [0.2, 0.25) is 0 Å². The summed E-state index contributed by atoms with van der Waals surface area (Å²) >= 11 is 0. The zero-order valence-electron chi connectivity index (χ0n) is 15.8. The first-order valence-corrected chi connectivity index (χ1v) is 9.96. The maximum absolute atomic E-state index is 11.9. The molecule has 7 nitrogen and oxygen atoms in total. The van der Waals surface area contributed by atoms with Gasteiger partial charge in [0.05, 0.1) is 6.61 Å². The van der Waals surface area contributed by atoms with Crippen LogP contribution in [0.1, 0.15) is 44.1 Å². The van der Waals surface area contributed by atoms with Crippen LogP contribution in [0.25, 0.3) is 0 Å². The minimum atomic E-state index is -0.359. The van der Waals surface area contributed by atoms with Crippen molar-refractivity contribution >= 4 is 12.2 Å². The molecule has 2 fully saturated rings. The van der Waals surface area contributed by atoms with Crippen LogP contribution in [0.5, 0.6) is 0 Å². The third-order valence-corrected chi connectivity index (χ3v) is 5.28. The molecular weight excluding hydrogens is 346 g/mol. The van der Waals surface area contributed by atoms with Crippen LogP contribution in [-0.4, -0.2) is 54.4 Å². The van der Waals surface area contributed by atoms with Gasteiger partial charge in [0.1, 0.15) is 6.10 Å². The third-order valence-electron chi connectivity index (χ3n) is 5.28. The molecule has 0 unspecified atom stereocenters. The Morgan fingerprint density at radius 1 is 1.19 bits per heavy atom. The lowest BCUT2D eigenvalue weighted by Crippen LogP contribution is -2.34. The molecule has 0 bridgehead atoms. The Labute approximate surface area is 160 Å². The molecule has 2 aliphatic rings. The molecule has 1 N–H and O–H groups in total. The Morgan fingerprint density at radius 2 is 1.96 bits per heavy atom. The number of nitrogens with zero attached hydrogens (tertiary/aromatic N) is 2. The molecule has 0 atom stereocenters. The largest absolute Gasteiger partial charge is 0.449 e. The van der Waals surface area contributed by atoms with Gasteiger partial charge in [-0.1, -0.05) is 6.07 Å². The standard InChI is InChI=1S/C20H29N3O4/c24-19(22-11-9-16-4-3-10-21-14-16)27-18-7-5-17(6-8-18)15-26-20(25)23-12-1-2-13-23/h3-4,10,14,17-18H,1-2,5-9,11-13,15H2,(H,22,24). The van der Waals surface area contributed by atoms with Crippen molar-refractivity contribution in [2.75, 3.05) is 26.2 Å². The minimum absolute atomic E-state index is 0.0473. The van der Waals surface area contributed by atoms with Gasteiger partial charge in [-0.2, -0.15) is 0 Å². The number of alkyl carbamates (subject to hydrolysis) is 1. The number of carbonyl (C=O) groups excluding carboxylic acids is 2. The van der Waals surface area contributed by atoms with Crippen LogP contribution in [0.15, 0.2) is 24.5 Å². The topological polar surface area (TPSA) is 80.8 Å². The third kappa shape index (κ3) is 6.41. The number of pyridine rings is 1. The summed E-state index contributed by atoms with van der Waals surface area (Å²) in [5.74, 6) is 0.366. The molecule has 3 rings (SSSR count). The second kappa shape index (κ2) is 10.1. The summed E-state index contributed by atoms with van der Waals surface area (Å²) in [6.45, 7) is 2.64. The van der Waals surface area contributed by atoms with Gasteiger partial charge in [0.15, 0.2) is 0 Å². The van der Waals surface area contributed by atoms with E-state index >= 15 is 0 Å². The monoisotopic (exact) mass is 375 g/mol. The minimum Gasteiger partial charge on any atom is -0.449 e. The highest BCUT2D eigenvalue weighted by molar-refractivity contribution is 5.68. The smallest absolute Gasteiger partial charge is 0.409 e. The molecule has 1 aliphatic heterocycles. The predicted octanol–water partition coefficient (Wildman–Crippen LogP) is 3.14. The van der Waals surface area contributed by atoms with Crippen molar-refractivity contribution in [3.63, 3.8) is 0 Å². The molecule has 1 aromatic heterocycles. The van der Waals surface area contributed by atoms with E-state index in [1.807, 2.05) is 12.1 Å². The normalized spacial score (nSPS) is 22.3. The molecule has 1 aliphatic carbocycles. The van der Waals surface area contributed by atoms with E-state index in [9.17, 15) is 9.59 Å². The summed E-state index contributed by atoms with van der Waals surface area (Å²) in [5.41, 5.74) is 1.08. The van der Waals surface area contributed by atoms with Crippen LogP contribution < -0.4 is 5.32 Å².